The zero-order valence-corrected chi connectivity index (χ0v) is 14.0. The lowest BCUT2D eigenvalue weighted by molar-refractivity contribution is 0.552. The topological polar surface area (TPSA) is 72.2 Å². The summed E-state index contributed by atoms with van der Waals surface area (Å²) in [6.07, 6.45) is 2.16. The summed E-state index contributed by atoms with van der Waals surface area (Å²) in [6, 6.07) is 2.95. The molecule has 0 aliphatic carbocycles. The van der Waals surface area contributed by atoms with Gasteiger partial charge in [0.25, 0.3) is 0 Å². The van der Waals surface area contributed by atoms with E-state index in [0.29, 0.717) is 17.1 Å². The molecule has 4 nitrogen and oxygen atoms in total. The van der Waals surface area contributed by atoms with Crippen LogP contribution in [0.25, 0.3) is 0 Å². The van der Waals surface area contributed by atoms with Gasteiger partial charge in [0.2, 0.25) is 10.0 Å². The minimum absolute atomic E-state index is 0.0138. The molecule has 0 spiro atoms. The van der Waals surface area contributed by atoms with Crippen LogP contribution >= 0.6 is 23.4 Å². The number of nitrogens with two attached hydrogens (primary N) is 1. The number of anilines is 1. The Morgan fingerprint density at radius 3 is 2.75 bits per heavy atom. The van der Waals surface area contributed by atoms with Gasteiger partial charge in [0.05, 0.1) is 15.6 Å². The molecule has 1 aliphatic rings. The second-order valence-corrected chi connectivity index (χ2v) is 9.20. The predicted molar refractivity (Wildman–Crippen MR) is 85.9 cm³/mol. The Kier molecular flexibility index (Phi) is 4.59. The van der Waals surface area contributed by atoms with Crippen molar-refractivity contribution in [2.24, 2.45) is 0 Å². The molecule has 2 rings (SSSR count). The van der Waals surface area contributed by atoms with Crippen molar-refractivity contribution in [3.8, 4) is 0 Å². The SMILES string of the molecule is Cc1cc(S(=O)(=O)NCC2(C)CCCS2)cc(N)c1Cl. The first-order valence-electron chi connectivity index (χ1n) is 6.43. The van der Waals surface area contributed by atoms with Crippen molar-refractivity contribution in [2.45, 2.75) is 36.3 Å². The van der Waals surface area contributed by atoms with Crippen LogP contribution in [0.15, 0.2) is 17.0 Å². The van der Waals surface area contributed by atoms with Gasteiger partial charge in [0.1, 0.15) is 0 Å². The molecule has 20 heavy (non-hydrogen) atoms. The number of nitrogen functional groups attached to an aromatic ring is 1. The molecule has 1 saturated heterocycles. The van der Waals surface area contributed by atoms with Crippen molar-refractivity contribution < 1.29 is 8.42 Å². The van der Waals surface area contributed by atoms with Gasteiger partial charge in [0.15, 0.2) is 0 Å². The molecule has 1 aromatic carbocycles. The highest BCUT2D eigenvalue weighted by Gasteiger charge is 2.31. The molecule has 3 N–H and O–H groups in total. The van der Waals surface area contributed by atoms with Gasteiger partial charge in [-0.1, -0.05) is 11.6 Å². The summed E-state index contributed by atoms with van der Waals surface area (Å²) >= 11 is 7.78. The zero-order chi connectivity index (χ0) is 15.0. The number of thioether (sulfide) groups is 1. The molecule has 0 saturated carbocycles. The smallest absolute Gasteiger partial charge is 0.240 e. The van der Waals surface area contributed by atoms with Gasteiger partial charge in [-0.3, -0.25) is 0 Å². The maximum absolute atomic E-state index is 12.3. The van der Waals surface area contributed by atoms with Crippen molar-refractivity contribution in [1.82, 2.24) is 4.72 Å². The molecule has 0 amide bonds. The number of hydrogen-bond acceptors (Lipinski definition) is 4. The zero-order valence-electron chi connectivity index (χ0n) is 11.6. The Bertz CT molecular complexity index is 588. The van der Waals surface area contributed by atoms with Gasteiger partial charge >= 0.3 is 0 Å². The first kappa shape index (κ1) is 15.9. The van der Waals surface area contributed by atoms with Gasteiger partial charge in [-0.05, 0) is 50.1 Å². The monoisotopic (exact) mass is 334 g/mol. The van der Waals surface area contributed by atoms with Gasteiger partial charge in [-0.25, -0.2) is 13.1 Å². The third-order valence-corrected chi connectivity index (χ3v) is 6.94. The number of halogens is 1. The summed E-state index contributed by atoms with van der Waals surface area (Å²) in [5.74, 6) is 1.09. The predicted octanol–water partition coefficient (Wildman–Crippen LogP) is 2.79. The molecule has 1 aromatic rings. The van der Waals surface area contributed by atoms with E-state index < -0.39 is 10.0 Å². The molecule has 1 atom stereocenters. The fourth-order valence-corrected chi connectivity index (χ4v) is 4.96. The van der Waals surface area contributed by atoms with E-state index in [0.717, 1.165) is 18.6 Å². The average Bonchev–Trinajstić information content (AvgIpc) is 2.81. The normalized spacial score (nSPS) is 23.1. The summed E-state index contributed by atoms with van der Waals surface area (Å²) in [7, 11) is -3.55. The third kappa shape index (κ3) is 3.42. The largest absolute Gasteiger partial charge is 0.397 e. The molecule has 0 aromatic heterocycles. The van der Waals surface area contributed by atoms with Crippen molar-refractivity contribution >= 4 is 39.1 Å². The molecule has 1 fully saturated rings. The van der Waals surface area contributed by atoms with E-state index in [1.54, 1.807) is 13.0 Å². The summed E-state index contributed by atoms with van der Waals surface area (Å²) in [5, 5.41) is 0.405. The summed E-state index contributed by atoms with van der Waals surface area (Å²) < 4.78 is 27.3. The quantitative estimate of drug-likeness (QED) is 0.830. The van der Waals surface area contributed by atoms with E-state index in [2.05, 4.69) is 11.6 Å². The van der Waals surface area contributed by atoms with Crippen LogP contribution in [0.5, 0.6) is 0 Å². The van der Waals surface area contributed by atoms with Gasteiger partial charge < -0.3 is 5.73 Å². The van der Waals surface area contributed by atoms with Crippen LogP contribution in [0.1, 0.15) is 25.3 Å². The average molecular weight is 335 g/mol. The Morgan fingerprint density at radius 2 is 2.20 bits per heavy atom. The lowest BCUT2D eigenvalue weighted by Crippen LogP contribution is -2.36. The second kappa shape index (κ2) is 5.75. The molecule has 1 heterocycles. The van der Waals surface area contributed by atoms with Gasteiger partial charge in [-0.15, -0.1) is 0 Å². The second-order valence-electron chi connectivity index (χ2n) is 5.37. The van der Waals surface area contributed by atoms with E-state index in [1.165, 1.54) is 6.07 Å². The molecule has 0 bridgehead atoms. The summed E-state index contributed by atoms with van der Waals surface area (Å²) in [4.78, 5) is 0.170. The minimum atomic E-state index is -3.55. The fourth-order valence-electron chi connectivity index (χ4n) is 2.23. The highest BCUT2D eigenvalue weighted by molar-refractivity contribution is 8.01. The Labute approximate surface area is 129 Å². The highest BCUT2D eigenvalue weighted by Crippen LogP contribution is 2.37. The Hall–Kier alpha value is -0.430. The van der Waals surface area contributed by atoms with E-state index in [4.69, 9.17) is 17.3 Å². The maximum Gasteiger partial charge on any atom is 0.240 e. The first-order valence-corrected chi connectivity index (χ1v) is 9.27. The number of hydrogen-bond donors (Lipinski definition) is 2. The molecule has 1 aliphatic heterocycles. The molecule has 1 unspecified atom stereocenters. The van der Waals surface area contributed by atoms with Crippen LogP contribution in [0.3, 0.4) is 0 Å². The van der Waals surface area contributed by atoms with Crippen molar-refractivity contribution in [3.05, 3.63) is 22.7 Å². The first-order chi connectivity index (χ1) is 9.23. The minimum Gasteiger partial charge on any atom is -0.397 e. The van der Waals surface area contributed by atoms with Crippen LogP contribution < -0.4 is 10.5 Å². The molecule has 112 valence electrons. The number of sulfonamides is 1. The molecule has 0 radical (unpaired) electrons. The fraction of sp³-hybridized carbons (Fsp3) is 0.538. The van der Waals surface area contributed by atoms with Crippen LogP contribution in [-0.2, 0) is 10.0 Å². The van der Waals surface area contributed by atoms with Gasteiger partial charge in [0, 0.05) is 11.3 Å². The van der Waals surface area contributed by atoms with Crippen LogP contribution in [0.2, 0.25) is 5.02 Å². The number of benzene rings is 1. The van der Waals surface area contributed by atoms with E-state index >= 15 is 0 Å². The Morgan fingerprint density at radius 1 is 1.50 bits per heavy atom. The Balaban J connectivity index is 2.18. The number of aryl methyl sites for hydroxylation is 1. The number of nitrogens with one attached hydrogen (secondary N) is 1. The molecule has 7 heteroatoms. The summed E-state index contributed by atoms with van der Waals surface area (Å²) in [6.45, 7) is 4.27. The summed E-state index contributed by atoms with van der Waals surface area (Å²) in [5.41, 5.74) is 6.68. The van der Waals surface area contributed by atoms with E-state index in [1.807, 2.05) is 11.8 Å². The van der Waals surface area contributed by atoms with Crippen LogP contribution in [-0.4, -0.2) is 25.5 Å². The van der Waals surface area contributed by atoms with Crippen LogP contribution in [0, 0.1) is 6.92 Å². The van der Waals surface area contributed by atoms with Gasteiger partial charge in [-0.2, -0.15) is 11.8 Å². The number of rotatable bonds is 4. The third-order valence-electron chi connectivity index (χ3n) is 3.50. The molecular weight excluding hydrogens is 316 g/mol. The van der Waals surface area contributed by atoms with Crippen molar-refractivity contribution in [1.29, 1.82) is 0 Å². The highest BCUT2D eigenvalue weighted by atomic mass is 35.5. The lowest BCUT2D eigenvalue weighted by Gasteiger charge is -2.23. The maximum atomic E-state index is 12.3. The van der Waals surface area contributed by atoms with E-state index in [9.17, 15) is 8.42 Å². The van der Waals surface area contributed by atoms with E-state index in [-0.39, 0.29) is 15.3 Å². The van der Waals surface area contributed by atoms with Crippen molar-refractivity contribution in [3.63, 3.8) is 0 Å². The lowest BCUT2D eigenvalue weighted by atomic mass is 10.1. The molecular formula is C13H19ClN2O2S2. The van der Waals surface area contributed by atoms with Crippen molar-refractivity contribution in [2.75, 3.05) is 18.0 Å². The standard InChI is InChI=1S/C13H19ClN2O2S2/c1-9-6-10(7-11(15)12(9)14)20(17,18)16-8-13(2)4-3-5-19-13/h6-7,16H,3-5,8,15H2,1-2H3. The van der Waals surface area contributed by atoms with Crippen LogP contribution in [0.4, 0.5) is 5.69 Å².